The fourth-order valence-corrected chi connectivity index (χ4v) is 4.85. The molecule has 2 aliphatic rings. The van der Waals surface area contributed by atoms with Gasteiger partial charge in [0.2, 0.25) is 18.6 Å². The maximum Gasteiger partial charge on any atom is 0.231 e. The second-order valence-corrected chi connectivity index (χ2v) is 8.69. The zero-order chi connectivity index (χ0) is 25.1. The molecule has 0 spiro atoms. The Morgan fingerprint density at radius 3 is 2.56 bits per heavy atom. The van der Waals surface area contributed by atoms with Crippen LogP contribution >= 0.6 is 0 Å². The van der Waals surface area contributed by atoms with Crippen LogP contribution in [0.5, 0.6) is 23.0 Å². The highest BCUT2D eigenvalue weighted by Crippen LogP contribution is 2.43. The van der Waals surface area contributed by atoms with Crippen molar-refractivity contribution in [1.82, 2.24) is 5.32 Å². The van der Waals surface area contributed by atoms with Gasteiger partial charge >= 0.3 is 0 Å². The average Bonchev–Trinajstić information content (AvgIpc) is 3.39. The highest BCUT2D eigenvalue weighted by atomic mass is 16.7. The Morgan fingerprint density at radius 2 is 1.78 bits per heavy atom. The van der Waals surface area contributed by atoms with E-state index in [2.05, 4.69) is 5.32 Å². The molecule has 0 bridgehead atoms. The molecule has 2 amide bonds. The summed E-state index contributed by atoms with van der Waals surface area (Å²) in [6.07, 6.45) is 0.697. The van der Waals surface area contributed by atoms with E-state index in [1.165, 1.54) is 0 Å². The van der Waals surface area contributed by atoms with E-state index >= 15 is 0 Å². The normalized spacial score (nSPS) is 18.6. The summed E-state index contributed by atoms with van der Waals surface area (Å²) in [5, 5.41) is 3.07. The average molecular weight is 489 g/mol. The lowest BCUT2D eigenvalue weighted by Crippen LogP contribution is -2.48. The van der Waals surface area contributed by atoms with E-state index in [-0.39, 0.29) is 25.0 Å². The molecular formula is C28H28N2O6. The third-order valence-corrected chi connectivity index (χ3v) is 6.67. The molecule has 1 fully saturated rings. The molecule has 0 unspecified atom stereocenters. The van der Waals surface area contributed by atoms with Crippen molar-refractivity contribution >= 4 is 17.5 Å². The molecule has 3 aromatic rings. The Balaban J connectivity index is 1.48. The first kappa shape index (κ1) is 23.5. The second-order valence-electron chi connectivity index (χ2n) is 8.69. The Labute approximate surface area is 209 Å². The standard InChI is InChI=1S/C28H28N2O6/c1-33-21-10-7-18(8-11-21)27-22(28(32)29-16-19-5-3-4-6-23(19)34-2)12-14-26(31)30(27)20-9-13-24-25(15-20)36-17-35-24/h3-11,13,15,22,27H,12,14,16-17H2,1-2H3,(H,29,32)/t22-,27+/m1/s1. The van der Waals surface area contributed by atoms with E-state index in [9.17, 15) is 9.59 Å². The van der Waals surface area contributed by atoms with Crippen molar-refractivity contribution < 1.29 is 28.5 Å². The second kappa shape index (κ2) is 10.2. The first-order chi connectivity index (χ1) is 17.6. The SMILES string of the molecule is COc1ccc([C@H]2[C@H](C(=O)NCc3ccccc3OC)CCC(=O)N2c2ccc3c(c2)OCO3)cc1. The number of carbonyl (C=O) groups is 2. The summed E-state index contributed by atoms with van der Waals surface area (Å²) in [7, 11) is 3.21. The van der Waals surface area contributed by atoms with Crippen molar-refractivity contribution in [2.45, 2.75) is 25.4 Å². The molecule has 1 saturated heterocycles. The van der Waals surface area contributed by atoms with Crippen LogP contribution in [0.3, 0.4) is 0 Å². The van der Waals surface area contributed by atoms with Gasteiger partial charge in [-0.3, -0.25) is 9.59 Å². The zero-order valence-corrected chi connectivity index (χ0v) is 20.2. The van der Waals surface area contributed by atoms with Crippen LogP contribution in [0.2, 0.25) is 0 Å². The van der Waals surface area contributed by atoms with Crippen LogP contribution in [0.4, 0.5) is 5.69 Å². The maximum atomic E-state index is 13.6. The van der Waals surface area contributed by atoms with Crippen LogP contribution in [0.1, 0.15) is 30.0 Å². The van der Waals surface area contributed by atoms with Crippen molar-refractivity contribution in [3.05, 3.63) is 77.9 Å². The maximum absolute atomic E-state index is 13.6. The van der Waals surface area contributed by atoms with E-state index in [4.69, 9.17) is 18.9 Å². The fraction of sp³-hybridized carbons (Fsp3) is 0.286. The number of nitrogens with zero attached hydrogens (tertiary/aromatic N) is 1. The lowest BCUT2D eigenvalue weighted by atomic mass is 9.83. The van der Waals surface area contributed by atoms with Gasteiger partial charge in [0.05, 0.1) is 26.2 Å². The summed E-state index contributed by atoms with van der Waals surface area (Å²) in [5.74, 6) is 1.99. The van der Waals surface area contributed by atoms with Gasteiger partial charge in [0.15, 0.2) is 11.5 Å². The lowest BCUT2D eigenvalue weighted by molar-refractivity contribution is -0.129. The minimum absolute atomic E-state index is 0.0524. The summed E-state index contributed by atoms with van der Waals surface area (Å²) in [6, 6.07) is 20.0. The van der Waals surface area contributed by atoms with E-state index in [1.807, 2.05) is 54.6 Å². The number of rotatable bonds is 7. The van der Waals surface area contributed by atoms with Crippen LogP contribution in [-0.2, 0) is 16.1 Å². The monoisotopic (exact) mass is 488 g/mol. The summed E-state index contributed by atoms with van der Waals surface area (Å²) < 4.78 is 21.7. The molecule has 36 heavy (non-hydrogen) atoms. The van der Waals surface area contributed by atoms with E-state index in [0.29, 0.717) is 41.7 Å². The van der Waals surface area contributed by atoms with Crippen molar-refractivity contribution in [3.63, 3.8) is 0 Å². The highest BCUT2D eigenvalue weighted by molar-refractivity contribution is 5.97. The molecule has 0 aliphatic carbocycles. The molecular weight excluding hydrogens is 460 g/mol. The number of carbonyl (C=O) groups excluding carboxylic acids is 2. The summed E-state index contributed by atoms with van der Waals surface area (Å²) in [5.41, 5.74) is 2.39. The van der Waals surface area contributed by atoms with Gasteiger partial charge in [0, 0.05) is 30.3 Å². The number of amides is 2. The lowest BCUT2D eigenvalue weighted by Gasteiger charge is -2.41. The molecule has 0 radical (unpaired) electrons. The molecule has 2 atom stereocenters. The Morgan fingerprint density at radius 1 is 1.00 bits per heavy atom. The number of hydrogen-bond acceptors (Lipinski definition) is 6. The minimum atomic E-state index is -0.504. The number of hydrogen-bond donors (Lipinski definition) is 1. The van der Waals surface area contributed by atoms with Crippen molar-refractivity contribution in [2.24, 2.45) is 5.92 Å². The molecule has 8 heteroatoms. The van der Waals surface area contributed by atoms with Gasteiger partial charge in [-0.1, -0.05) is 30.3 Å². The third-order valence-electron chi connectivity index (χ3n) is 6.67. The molecule has 0 aromatic heterocycles. The van der Waals surface area contributed by atoms with Crippen molar-refractivity contribution in [3.8, 4) is 23.0 Å². The van der Waals surface area contributed by atoms with E-state index < -0.39 is 12.0 Å². The van der Waals surface area contributed by atoms with Crippen LogP contribution in [0.15, 0.2) is 66.7 Å². The molecule has 3 aromatic carbocycles. The quantitative estimate of drug-likeness (QED) is 0.536. The Kier molecular flexibility index (Phi) is 6.66. The number of benzene rings is 3. The molecule has 5 rings (SSSR count). The van der Waals surface area contributed by atoms with Crippen LogP contribution in [0, 0.1) is 5.92 Å². The smallest absolute Gasteiger partial charge is 0.231 e. The van der Waals surface area contributed by atoms with Gasteiger partial charge in [-0.05, 0) is 42.3 Å². The minimum Gasteiger partial charge on any atom is -0.497 e. The number of ether oxygens (including phenoxy) is 4. The number of nitrogens with one attached hydrogen (secondary N) is 1. The molecule has 0 saturated carbocycles. The number of piperidine rings is 1. The Bertz CT molecular complexity index is 1260. The van der Waals surface area contributed by atoms with Gasteiger partial charge in [-0.2, -0.15) is 0 Å². The summed E-state index contributed by atoms with van der Waals surface area (Å²) in [4.78, 5) is 28.6. The number of para-hydroxylation sites is 1. The number of methoxy groups -OCH3 is 2. The van der Waals surface area contributed by atoms with Crippen LogP contribution in [-0.4, -0.2) is 32.8 Å². The van der Waals surface area contributed by atoms with Crippen molar-refractivity contribution in [1.29, 1.82) is 0 Å². The fourth-order valence-electron chi connectivity index (χ4n) is 4.85. The third kappa shape index (κ3) is 4.54. The van der Waals surface area contributed by atoms with Gasteiger partial charge < -0.3 is 29.2 Å². The van der Waals surface area contributed by atoms with E-state index in [0.717, 1.165) is 11.1 Å². The predicted octanol–water partition coefficient (Wildman–Crippen LogP) is 4.23. The highest BCUT2D eigenvalue weighted by Gasteiger charge is 2.41. The summed E-state index contributed by atoms with van der Waals surface area (Å²) >= 11 is 0. The zero-order valence-electron chi connectivity index (χ0n) is 20.2. The van der Waals surface area contributed by atoms with Crippen molar-refractivity contribution in [2.75, 3.05) is 25.9 Å². The van der Waals surface area contributed by atoms with Gasteiger partial charge in [0.1, 0.15) is 11.5 Å². The summed E-state index contributed by atoms with van der Waals surface area (Å²) in [6.45, 7) is 0.468. The number of fused-ring (bicyclic) bond motifs is 1. The van der Waals surface area contributed by atoms with Gasteiger partial charge in [-0.15, -0.1) is 0 Å². The molecule has 2 aliphatic heterocycles. The topological polar surface area (TPSA) is 86.3 Å². The predicted molar refractivity (Wildman–Crippen MR) is 133 cm³/mol. The first-order valence-corrected chi connectivity index (χ1v) is 11.8. The van der Waals surface area contributed by atoms with Crippen LogP contribution in [0.25, 0.3) is 0 Å². The molecule has 1 N–H and O–H groups in total. The largest absolute Gasteiger partial charge is 0.497 e. The Hall–Kier alpha value is -4.20. The van der Waals surface area contributed by atoms with Gasteiger partial charge in [0.25, 0.3) is 0 Å². The van der Waals surface area contributed by atoms with Crippen LogP contribution < -0.4 is 29.2 Å². The van der Waals surface area contributed by atoms with E-state index in [1.54, 1.807) is 31.3 Å². The number of anilines is 1. The molecule has 186 valence electrons. The first-order valence-electron chi connectivity index (χ1n) is 11.8. The van der Waals surface area contributed by atoms with Gasteiger partial charge in [-0.25, -0.2) is 0 Å². The molecule has 8 nitrogen and oxygen atoms in total. The molecule has 2 heterocycles.